The van der Waals surface area contributed by atoms with Gasteiger partial charge in [0.15, 0.2) is 0 Å². The first kappa shape index (κ1) is 13.2. The maximum Gasteiger partial charge on any atom is 0.0551 e. The zero-order valence-corrected chi connectivity index (χ0v) is 12.8. The third-order valence-electron chi connectivity index (χ3n) is 3.63. The molecule has 0 atom stereocenters. The molecule has 2 aromatic rings. The molecule has 0 unspecified atom stereocenters. The largest absolute Gasteiger partial charge is 0.309 e. The minimum atomic E-state index is 0.542. The van der Waals surface area contributed by atoms with E-state index < -0.39 is 0 Å². The van der Waals surface area contributed by atoms with Crippen molar-refractivity contribution in [2.45, 2.75) is 25.4 Å². The van der Waals surface area contributed by atoms with Crippen LogP contribution in [0.2, 0.25) is 5.02 Å². The van der Waals surface area contributed by atoms with Crippen molar-refractivity contribution in [2.24, 2.45) is 0 Å². The molecule has 0 saturated carbocycles. The van der Waals surface area contributed by atoms with Crippen LogP contribution in [0.3, 0.4) is 0 Å². The quantitative estimate of drug-likeness (QED) is 0.878. The number of nitrogens with one attached hydrogen (secondary N) is 1. The minimum Gasteiger partial charge on any atom is -0.309 e. The van der Waals surface area contributed by atoms with Gasteiger partial charge in [0.25, 0.3) is 0 Å². The van der Waals surface area contributed by atoms with Crippen molar-refractivity contribution in [3.63, 3.8) is 0 Å². The Morgan fingerprint density at radius 2 is 1.79 bits per heavy atom. The fraction of sp³-hybridized carbons (Fsp3) is 0.250. The Labute approximate surface area is 127 Å². The molecule has 3 rings (SSSR count). The van der Waals surface area contributed by atoms with Gasteiger partial charge in [-0.05, 0) is 57.6 Å². The van der Waals surface area contributed by atoms with Crippen LogP contribution < -0.4 is 5.32 Å². The van der Waals surface area contributed by atoms with Gasteiger partial charge in [-0.1, -0.05) is 41.9 Å². The molecule has 0 radical (unpaired) electrons. The molecule has 0 saturated heterocycles. The van der Waals surface area contributed by atoms with Gasteiger partial charge in [0.05, 0.1) is 5.02 Å². The lowest BCUT2D eigenvalue weighted by molar-refractivity contribution is 0.533. The van der Waals surface area contributed by atoms with Gasteiger partial charge < -0.3 is 5.32 Å². The van der Waals surface area contributed by atoms with Crippen molar-refractivity contribution < 1.29 is 0 Å². The van der Waals surface area contributed by atoms with Crippen LogP contribution in [0.15, 0.2) is 46.9 Å². The van der Waals surface area contributed by atoms with Gasteiger partial charge >= 0.3 is 0 Å². The van der Waals surface area contributed by atoms with Crippen molar-refractivity contribution in [1.82, 2.24) is 5.32 Å². The van der Waals surface area contributed by atoms with E-state index in [1.165, 1.54) is 16.7 Å². The van der Waals surface area contributed by atoms with Gasteiger partial charge in [-0.3, -0.25) is 0 Å². The van der Waals surface area contributed by atoms with Gasteiger partial charge in [0.2, 0.25) is 0 Å². The van der Waals surface area contributed by atoms with Gasteiger partial charge in [-0.15, -0.1) is 0 Å². The summed E-state index contributed by atoms with van der Waals surface area (Å²) in [6, 6.07) is 15.4. The molecule has 0 aliphatic heterocycles. The average Bonchev–Trinajstić information content (AvgIpc) is 2.83. The van der Waals surface area contributed by atoms with Crippen LogP contribution in [-0.4, -0.2) is 6.04 Å². The summed E-state index contributed by atoms with van der Waals surface area (Å²) in [5.74, 6) is 0. The smallest absolute Gasteiger partial charge is 0.0551 e. The summed E-state index contributed by atoms with van der Waals surface area (Å²) in [5.41, 5.74) is 4.19. The van der Waals surface area contributed by atoms with E-state index in [1.54, 1.807) is 0 Å². The Kier molecular flexibility index (Phi) is 3.92. The van der Waals surface area contributed by atoms with Crippen LogP contribution in [0, 0.1) is 0 Å². The van der Waals surface area contributed by atoms with E-state index in [4.69, 9.17) is 11.6 Å². The number of hydrogen-bond donors (Lipinski definition) is 1. The number of halogens is 2. The van der Waals surface area contributed by atoms with Crippen LogP contribution >= 0.6 is 27.5 Å². The molecule has 1 aliphatic carbocycles. The molecule has 1 N–H and O–H groups in total. The standard InChI is InChI=1S/C16H15BrClN/c17-15-6-5-11(7-16(15)18)10-19-14-8-12-3-1-2-4-13(12)9-14/h1-7,14,19H,8-10H2. The average molecular weight is 337 g/mol. The first-order valence-electron chi connectivity index (χ1n) is 6.46. The summed E-state index contributed by atoms with van der Waals surface area (Å²) < 4.78 is 0.950. The Bertz CT molecular complexity index is 572. The highest BCUT2D eigenvalue weighted by molar-refractivity contribution is 9.10. The van der Waals surface area contributed by atoms with Crippen LogP contribution in [0.4, 0.5) is 0 Å². The molecule has 3 heteroatoms. The molecule has 1 aliphatic rings. The fourth-order valence-electron chi connectivity index (χ4n) is 2.61. The maximum absolute atomic E-state index is 6.11. The van der Waals surface area contributed by atoms with E-state index in [2.05, 4.69) is 51.6 Å². The third-order valence-corrected chi connectivity index (χ3v) is 4.86. The van der Waals surface area contributed by atoms with Crippen LogP contribution in [0.5, 0.6) is 0 Å². The van der Waals surface area contributed by atoms with Crippen molar-refractivity contribution >= 4 is 27.5 Å². The zero-order chi connectivity index (χ0) is 13.2. The monoisotopic (exact) mass is 335 g/mol. The highest BCUT2D eigenvalue weighted by Gasteiger charge is 2.19. The molecular formula is C16H15BrClN. The fourth-order valence-corrected chi connectivity index (χ4v) is 3.06. The Balaban J connectivity index is 1.61. The SMILES string of the molecule is Clc1cc(CNC2Cc3ccccc3C2)ccc1Br. The molecule has 1 nitrogen and oxygen atoms in total. The molecule has 98 valence electrons. The molecule has 0 spiro atoms. The molecule has 2 aromatic carbocycles. The van der Waals surface area contributed by atoms with Gasteiger partial charge in [-0.2, -0.15) is 0 Å². The first-order chi connectivity index (χ1) is 9.22. The molecule has 0 heterocycles. The maximum atomic E-state index is 6.11. The predicted molar refractivity (Wildman–Crippen MR) is 83.6 cm³/mol. The van der Waals surface area contributed by atoms with Crippen LogP contribution in [-0.2, 0) is 19.4 Å². The number of fused-ring (bicyclic) bond motifs is 1. The molecular weight excluding hydrogens is 322 g/mol. The normalized spacial score (nSPS) is 14.6. The summed E-state index contributed by atoms with van der Waals surface area (Å²) in [5, 5.41) is 4.39. The second-order valence-electron chi connectivity index (χ2n) is 5.00. The lowest BCUT2D eigenvalue weighted by atomic mass is 10.1. The van der Waals surface area contributed by atoms with Gasteiger partial charge in [0, 0.05) is 17.1 Å². The molecule has 0 fully saturated rings. The van der Waals surface area contributed by atoms with E-state index in [-0.39, 0.29) is 0 Å². The van der Waals surface area contributed by atoms with E-state index in [9.17, 15) is 0 Å². The minimum absolute atomic E-state index is 0.542. The summed E-state index contributed by atoms with van der Waals surface area (Å²) in [6.07, 6.45) is 2.25. The predicted octanol–water partition coefficient (Wildman–Crippen LogP) is 4.36. The van der Waals surface area contributed by atoms with Crippen molar-refractivity contribution in [1.29, 1.82) is 0 Å². The third kappa shape index (κ3) is 3.02. The number of hydrogen-bond acceptors (Lipinski definition) is 1. The van der Waals surface area contributed by atoms with Crippen LogP contribution in [0.25, 0.3) is 0 Å². The van der Waals surface area contributed by atoms with Gasteiger partial charge in [-0.25, -0.2) is 0 Å². The highest BCUT2D eigenvalue weighted by Crippen LogP contribution is 2.24. The van der Waals surface area contributed by atoms with Gasteiger partial charge in [0.1, 0.15) is 0 Å². The van der Waals surface area contributed by atoms with Crippen molar-refractivity contribution in [3.05, 3.63) is 68.7 Å². The summed E-state index contributed by atoms with van der Waals surface area (Å²) in [4.78, 5) is 0. The topological polar surface area (TPSA) is 12.0 Å². The summed E-state index contributed by atoms with van der Waals surface area (Å²) in [7, 11) is 0. The summed E-state index contributed by atoms with van der Waals surface area (Å²) >= 11 is 9.52. The molecule has 0 aromatic heterocycles. The number of benzene rings is 2. The van der Waals surface area contributed by atoms with Crippen molar-refractivity contribution in [3.8, 4) is 0 Å². The Hall–Kier alpha value is -0.830. The molecule has 0 bridgehead atoms. The number of rotatable bonds is 3. The highest BCUT2D eigenvalue weighted by atomic mass is 79.9. The lowest BCUT2D eigenvalue weighted by Gasteiger charge is -2.12. The van der Waals surface area contributed by atoms with E-state index in [0.29, 0.717) is 6.04 Å². The van der Waals surface area contributed by atoms with Crippen LogP contribution in [0.1, 0.15) is 16.7 Å². The summed E-state index contributed by atoms with van der Waals surface area (Å²) in [6.45, 7) is 0.867. The van der Waals surface area contributed by atoms with E-state index in [0.717, 1.165) is 28.9 Å². The zero-order valence-electron chi connectivity index (χ0n) is 10.5. The van der Waals surface area contributed by atoms with Crippen molar-refractivity contribution in [2.75, 3.05) is 0 Å². The Morgan fingerprint density at radius 3 is 2.42 bits per heavy atom. The molecule has 0 amide bonds. The second kappa shape index (κ2) is 5.66. The molecule has 19 heavy (non-hydrogen) atoms. The first-order valence-corrected chi connectivity index (χ1v) is 7.63. The lowest BCUT2D eigenvalue weighted by Crippen LogP contribution is -2.28. The van der Waals surface area contributed by atoms with E-state index >= 15 is 0 Å². The Morgan fingerprint density at radius 1 is 1.11 bits per heavy atom. The van der Waals surface area contributed by atoms with E-state index in [1.807, 2.05) is 12.1 Å². The second-order valence-corrected chi connectivity index (χ2v) is 6.26.